The number of nitrogens with one attached hydrogen (secondary N) is 2. The first-order chi connectivity index (χ1) is 16.5. The van der Waals surface area contributed by atoms with Crippen molar-refractivity contribution in [2.45, 2.75) is 70.8 Å². The summed E-state index contributed by atoms with van der Waals surface area (Å²) in [7, 11) is -5.76. The van der Waals surface area contributed by atoms with E-state index in [1.165, 1.54) is 6.07 Å². The van der Waals surface area contributed by atoms with E-state index in [9.17, 15) is 18.3 Å². The maximum absolute atomic E-state index is 11.8. The second-order valence-corrected chi connectivity index (χ2v) is 17.4. The normalized spacial score (nSPS) is 14.3. The van der Waals surface area contributed by atoms with Gasteiger partial charge in [-0.05, 0) is 60.3 Å². The quantitative estimate of drug-likeness (QED) is 0.229. The number of rotatable bonds is 12. The van der Waals surface area contributed by atoms with Gasteiger partial charge in [0.25, 0.3) is 0 Å². The van der Waals surface area contributed by atoms with Crippen molar-refractivity contribution in [1.29, 1.82) is 0 Å². The van der Waals surface area contributed by atoms with E-state index >= 15 is 0 Å². The standard InChI is InChI=1S/C26H40N2O6SSi/c1-18(13-19-9-8-10-20(14-19)15-25(30)31)27-17-24(34-36(6,7)26(2,3)4)21-11-12-23(29)22(16-21)28-35(5,32)33/h8-12,14,16,18,24,27-29H,13,15,17H2,1-7H3,(H,30,31). The molecule has 0 fully saturated rings. The van der Waals surface area contributed by atoms with Crippen molar-refractivity contribution < 1.29 is 27.9 Å². The molecule has 2 unspecified atom stereocenters. The zero-order valence-electron chi connectivity index (χ0n) is 22.3. The average molecular weight is 537 g/mol. The molecule has 0 radical (unpaired) electrons. The summed E-state index contributed by atoms with van der Waals surface area (Å²) in [5, 5.41) is 22.7. The number of hydrogen-bond acceptors (Lipinski definition) is 6. The van der Waals surface area contributed by atoms with Gasteiger partial charge in [-0.3, -0.25) is 9.52 Å². The first kappa shape index (κ1) is 29.8. The highest BCUT2D eigenvalue weighted by molar-refractivity contribution is 7.92. The minimum atomic E-state index is -3.57. The Bertz CT molecular complexity index is 1160. The van der Waals surface area contributed by atoms with Crippen molar-refractivity contribution in [3.63, 3.8) is 0 Å². The third-order valence-corrected chi connectivity index (χ3v) is 11.5. The molecule has 8 nitrogen and oxygen atoms in total. The van der Waals surface area contributed by atoms with Gasteiger partial charge in [0.2, 0.25) is 10.0 Å². The van der Waals surface area contributed by atoms with E-state index in [1.54, 1.807) is 12.1 Å². The lowest BCUT2D eigenvalue weighted by atomic mass is 10.0. The van der Waals surface area contributed by atoms with E-state index in [-0.39, 0.29) is 35.0 Å². The Balaban J connectivity index is 2.25. The molecule has 2 rings (SSSR count). The maximum Gasteiger partial charge on any atom is 0.307 e. The van der Waals surface area contributed by atoms with Crippen LogP contribution < -0.4 is 10.0 Å². The van der Waals surface area contributed by atoms with Gasteiger partial charge in [-0.2, -0.15) is 0 Å². The summed E-state index contributed by atoms with van der Waals surface area (Å²) >= 11 is 0. The van der Waals surface area contributed by atoms with Crippen molar-refractivity contribution in [2.75, 3.05) is 17.5 Å². The van der Waals surface area contributed by atoms with Gasteiger partial charge in [0, 0.05) is 12.6 Å². The molecule has 0 aliphatic rings. The van der Waals surface area contributed by atoms with E-state index in [1.807, 2.05) is 24.3 Å². The molecule has 4 N–H and O–H groups in total. The zero-order valence-corrected chi connectivity index (χ0v) is 24.1. The predicted molar refractivity (Wildman–Crippen MR) is 147 cm³/mol. The number of aliphatic carboxylic acids is 1. The van der Waals surface area contributed by atoms with Crippen molar-refractivity contribution in [1.82, 2.24) is 5.32 Å². The molecule has 0 bridgehead atoms. The van der Waals surface area contributed by atoms with Crippen LogP contribution in [0.2, 0.25) is 18.1 Å². The monoisotopic (exact) mass is 536 g/mol. The molecule has 10 heteroatoms. The third kappa shape index (κ3) is 9.23. The van der Waals surface area contributed by atoms with Crippen LogP contribution in [-0.2, 0) is 32.1 Å². The molecule has 0 saturated heterocycles. The Labute approximate surface area is 216 Å². The van der Waals surface area contributed by atoms with Crippen LogP contribution in [0.5, 0.6) is 5.75 Å². The second-order valence-electron chi connectivity index (χ2n) is 10.9. The highest BCUT2D eigenvalue weighted by Crippen LogP contribution is 2.40. The van der Waals surface area contributed by atoms with Gasteiger partial charge in [0.05, 0.1) is 24.5 Å². The lowest BCUT2D eigenvalue weighted by Crippen LogP contribution is -2.44. The molecule has 2 atom stereocenters. The second kappa shape index (κ2) is 11.8. The summed E-state index contributed by atoms with van der Waals surface area (Å²) in [4.78, 5) is 11.0. The number of aromatic hydroxyl groups is 1. The van der Waals surface area contributed by atoms with Gasteiger partial charge in [0.15, 0.2) is 8.32 Å². The third-order valence-electron chi connectivity index (χ3n) is 6.47. The average Bonchev–Trinajstić information content (AvgIpc) is 2.70. The fraction of sp³-hybridized carbons (Fsp3) is 0.500. The molecule has 2 aromatic carbocycles. The molecule has 0 heterocycles. The van der Waals surface area contributed by atoms with Crippen LogP contribution in [0, 0.1) is 0 Å². The van der Waals surface area contributed by atoms with Crippen LogP contribution in [-0.4, -0.2) is 51.8 Å². The summed E-state index contributed by atoms with van der Waals surface area (Å²) < 4.78 is 32.6. The highest BCUT2D eigenvalue weighted by atomic mass is 32.2. The van der Waals surface area contributed by atoms with E-state index in [2.05, 4.69) is 50.8 Å². The summed E-state index contributed by atoms with van der Waals surface area (Å²) in [5.74, 6) is -1.01. The van der Waals surface area contributed by atoms with Crippen LogP contribution in [0.25, 0.3) is 0 Å². The molecule has 36 heavy (non-hydrogen) atoms. The Hall–Kier alpha value is -2.40. The molecule has 0 aliphatic carbocycles. The van der Waals surface area contributed by atoms with Crippen LogP contribution in [0.3, 0.4) is 0 Å². The topological polar surface area (TPSA) is 125 Å². The maximum atomic E-state index is 11.8. The first-order valence-corrected chi connectivity index (χ1v) is 16.8. The summed E-state index contributed by atoms with van der Waals surface area (Å²) in [6, 6.07) is 12.5. The lowest BCUT2D eigenvalue weighted by molar-refractivity contribution is -0.136. The largest absolute Gasteiger partial charge is 0.506 e. The summed E-state index contributed by atoms with van der Waals surface area (Å²) in [6.45, 7) is 13.3. The highest BCUT2D eigenvalue weighted by Gasteiger charge is 2.39. The molecule has 200 valence electrons. The number of sulfonamides is 1. The number of carboxylic acids is 1. The van der Waals surface area contributed by atoms with E-state index in [4.69, 9.17) is 9.53 Å². The van der Waals surface area contributed by atoms with Crippen molar-refractivity contribution in [3.05, 3.63) is 59.2 Å². The fourth-order valence-corrected chi connectivity index (χ4v) is 5.42. The van der Waals surface area contributed by atoms with Crippen LogP contribution in [0.15, 0.2) is 42.5 Å². The SMILES string of the molecule is CC(Cc1cccc(CC(=O)O)c1)NCC(O[Si](C)(C)C(C)(C)C)c1ccc(O)c(NS(C)(=O)=O)c1. The molecule has 0 amide bonds. The van der Waals surface area contributed by atoms with Gasteiger partial charge in [-0.1, -0.05) is 51.1 Å². The number of phenolic OH excluding ortho intramolecular Hbond substituents is 1. The Morgan fingerprint density at radius 2 is 1.75 bits per heavy atom. The fourth-order valence-electron chi connectivity index (χ4n) is 3.57. The molecule has 0 aromatic heterocycles. The van der Waals surface area contributed by atoms with E-state index < -0.39 is 24.3 Å². The van der Waals surface area contributed by atoms with E-state index in [0.29, 0.717) is 13.0 Å². The van der Waals surface area contributed by atoms with Crippen LogP contribution >= 0.6 is 0 Å². The lowest BCUT2D eigenvalue weighted by Gasteiger charge is -2.40. The summed E-state index contributed by atoms with van der Waals surface area (Å²) in [5.41, 5.74) is 2.68. The van der Waals surface area contributed by atoms with Crippen LogP contribution in [0.4, 0.5) is 5.69 Å². The Morgan fingerprint density at radius 1 is 1.11 bits per heavy atom. The number of carboxylic acid groups (broad SMARTS) is 1. The number of hydrogen-bond donors (Lipinski definition) is 4. The Morgan fingerprint density at radius 3 is 2.33 bits per heavy atom. The number of carbonyl (C=O) groups is 1. The smallest absolute Gasteiger partial charge is 0.307 e. The van der Waals surface area contributed by atoms with Gasteiger partial charge in [-0.15, -0.1) is 0 Å². The zero-order chi connectivity index (χ0) is 27.3. The molecule has 0 saturated carbocycles. The van der Waals surface area contributed by atoms with Gasteiger partial charge in [0.1, 0.15) is 5.75 Å². The minimum absolute atomic E-state index is 0.0111. The summed E-state index contributed by atoms with van der Waals surface area (Å²) in [6.07, 6.45) is 1.36. The number of anilines is 1. The number of phenols is 1. The molecular formula is C26H40N2O6SSi. The molecule has 2 aromatic rings. The number of benzene rings is 2. The molecule has 0 spiro atoms. The predicted octanol–water partition coefficient (Wildman–Crippen LogP) is 4.67. The van der Waals surface area contributed by atoms with Crippen LogP contribution in [0.1, 0.15) is 50.5 Å². The van der Waals surface area contributed by atoms with E-state index in [0.717, 1.165) is 22.9 Å². The first-order valence-electron chi connectivity index (χ1n) is 12.0. The molecular weight excluding hydrogens is 496 g/mol. The van der Waals surface area contributed by atoms with Gasteiger partial charge >= 0.3 is 5.97 Å². The van der Waals surface area contributed by atoms with Gasteiger partial charge in [-0.25, -0.2) is 8.42 Å². The van der Waals surface area contributed by atoms with Crippen molar-refractivity contribution in [3.8, 4) is 5.75 Å². The molecule has 0 aliphatic heterocycles. The van der Waals surface area contributed by atoms with Crippen molar-refractivity contribution >= 4 is 30.0 Å². The van der Waals surface area contributed by atoms with Crippen molar-refractivity contribution in [2.24, 2.45) is 0 Å². The Kier molecular flexibility index (Phi) is 9.75. The minimum Gasteiger partial charge on any atom is -0.506 e. The van der Waals surface area contributed by atoms with Gasteiger partial charge < -0.3 is 20.0 Å².